The number of fused-ring (bicyclic) bond motifs is 1. The third kappa shape index (κ3) is 2.78. The number of rotatable bonds is 5. The van der Waals surface area contributed by atoms with E-state index in [0.29, 0.717) is 17.9 Å². The number of hydrogen-bond donors (Lipinski definition) is 2. The van der Waals surface area contributed by atoms with Crippen LogP contribution in [0.2, 0.25) is 0 Å². The summed E-state index contributed by atoms with van der Waals surface area (Å²) in [6.45, 7) is -0.415. The van der Waals surface area contributed by atoms with Gasteiger partial charge in [0.1, 0.15) is 5.82 Å². The predicted molar refractivity (Wildman–Crippen MR) is 78.2 cm³/mol. The maximum atomic E-state index is 10.7. The van der Waals surface area contributed by atoms with E-state index in [9.17, 15) is 4.79 Å². The smallest absolute Gasteiger partial charge is 0.341 e. The van der Waals surface area contributed by atoms with Gasteiger partial charge in [0.2, 0.25) is 0 Å². The zero-order valence-corrected chi connectivity index (χ0v) is 11.9. The Hall–Kier alpha value is -2.83. The van der Waals surface area contributed by atoms with Crippen molar-refractivity contribution in [3.8, 4) is 11.5 Å². The Kier molecular flexibility index (Phi) is 3.78. The van der Waals surface area contributed by atoms with Crippen molar-refractivity contribution < 1.29 is 19.4 Å². The van der Waals surface area contributed by atoms with Gasteiger partial charge < -0.3 is 19.9 Å². The first kappa shape index (κ1) is 14.1. The number of aliphatic carboxylic acids is 1. The third-order valence-corrected chi connectivity index (χ3v) is 3.42. The quantitative estimate of drug-likeness (QED) is 0.867. The molecule has 0 saturated carbocycles. The van der Waals surface area contributed by atoms with Gasteiger partial charge in [-0.25, -0.2) is 9.78 Å². The van der Waals surface area contributed by atoms with E-state index >= 15 is 0 Å². The molecule has 7 nitrogen and oxygen atoms in total. The van der Waals surface area contributed by atoms with E-state index in [0.717, 1.165) is 17.1 Å². The molecule has 7 heteroatoms. The molecule has 1 atom stereocenters. The van der Waals surface area contributed by atoms with Crippen LogP contribution in [0.15, 0.2) is 30.6 Å². The van der Waals surface area contributed by atoms with E-state index in [4.69, 9.17) is 14.6 Å². The van der Waals surface area contributed by atoms with Gasteiger partial charge in [-0.3, -0.25) is 4.98 Å². The molecule has 2 N–H and O–H groups in total. The lowest BCUT2D eigenvalue weighted by atomic mass is 10.0. The SMILES string of the molecule is COc1ccc(C2Cc3nccnc3N2)cc1OCC(=O)O. The second-order valence-corrected chi connectivity index (χ2v) is 4.85. The monoisotopic (exact) mass is 301 g/mol. The van der Waals surface area contributed by atoms with Gasteiger partial charge in [0, 0.05) is 18.8 Å². The lowest BCUT2D eigenvalue weighted by Gasteiger charge is -2.15. The van der Waals surface area contributed by atoms with Crippen molar-refractivity contribution in [1.82, 2.24) is 9.97 Å². The summed E-state index contributed by atoms with van der Waals surface area (Å²) in [5.41, 5.74) is 1.87. The zero-order valence-electron chi connectivity index (χ0n) is 11.9. The lowest BCUT2D eigenvalue weighted by molar-refractivity contribution is -0.139. The fraction of sp³-hybridized carbons (Fsp3) is 0.267. The molecule has 1 aromatic heterocycles. The number of anilines is 1. The van der Waals surface area contributed by atoms with Gasteiger partial charge in [0.25, 0.3) is 0 Å². The molecule has 1 aliphatic heterocycles. The van der Waals surface area contributed by atoms with Gasteiger partial charge in [-0.15, -0.1) is 0 Å². The number of methoxy groups -OCH3 is 1. The van der Waals surface area contributed by atoms with Crippen molar-refractivity contribution in [3.63, 3.8) is 0 Å². The molecule has 0 aliphatic carbocycles. The summed E-state index contributed by atoms with van der Waals surface area (Å²) in [4.78, 5) is 19.2. The number of hydrogen-bond acceptors (Lipinski definition) is 6. The Morgan fingerprint density at radius 1 is 1.36 bits per heavy atom. The maximum Gasteiger partial charge on any atom is 0.341 e. The van der Waals surface area contributed by atoms with Gasteiger partial charge in [-0.2, -0.15) is 0 Å². The molecule has 1 unspecified atom stereocenters. The zero-order chi connectivity index (χ0) is 15.5. The van der Waals surface area contributed by atoms with Gasteiger partial charge in [0.15, 0.2) is 18.1 Å². The lowest BCUT2D eigenvalue weighted by Crippen LogP contribution is -2.11. The summed E-state index contributed by atoms with van der Waals surface area (Å²) in [7, 11) is 1.51. The van der Waals surface area contributed by atoms with Crippen molar-refractivity contribution in [2.45, 2.75) is 12.5 Å². The molecular formula is C15H15N3O4. The van der Waals surface area contributed by atoms with E-state index in [-0.39, 0.29) is 6.04 Å². The van der Waals surface area contributed by atoms with Crippen LogP contribution in [0.25, 0.3) is 0 Å². The number of benzene rings is 1. The fourth-order valence-corrected chi connectivity index (χ4v) is 2.41. The van der Waals surface area contributed by atoms with E-state index in [1.54, 1.807) is 24.5 Å². The van der Waals surface area contributed by atoms with E-state index < -0.39 is 12.6 Å². The summed E-state index contributed by atoms with van der Waals surface area (Å²) in [5, 5.41) is 12.0. The van der Waals surface area contributed by atoms with Crippen LogP contribution in [0.1, 0.15) is 17.3 Å². The van der Waals surface area contributed by atoms with Gasteiger partial charge in [0.05, 0.1) is 18.8 Å². The van der Waals surface area contributed by atoms with Gasteiger partial charge in [-0.05, 0) is 17.7 Å². The highest BCUT2D eigenvalue weighted by molar-refractivity contribution is 5.68. The molecule has 0 saturated heterocycles. The van der Waals surface area contributed by atoms with Gasteiger partial charge >= 0.3 is 5.97 Å². The topological polar surface area (TPSA) is 93.6 Å². The first-order chi connectivity index (χ1) is 10.7. The molecule has 3 rings (SSSR count). The predicted octanol–water partition coefficient (Wildman–Crippen LogP) is 1.66. The van der Waals surface area contributed by atoms with E-state index in [2.05, 4.69) is 15.3 Å². The second-order valence-electron chi connectivity index (χ2n) is 4.85. The highest BCUT2D eigenvalue weighted by Gasteiger charge is 2.25. The minimum Gasteiger partial charge on any atom is -0.493 e. The summed E-state index contributed by atoms with van der Waals surface area (Å²) in [6.07, 6.45) is 4.02. The number of ether oxygens (including phenoxy) is 2. The van der Waals surface area contributed by atoms with E-state index in [1.807, 2.05) is 6.07 Å². The summed E-state index contributed by atoms with van der Waals surface area (Å²) in [5.74, 6) is 0.640. The van der Waals surface area contributed by atoms with Crippen LogP contribution in [0.3, 0.4) is 0 Å². The molecule has 2 heterocycles. The van der Waals surface area contributed by atoms with Crippen LogP contribution in [-0.2, 0) is 11.2 Å². The van der Waals surface area contributed by atoms with Crippen LogP contribution in [0, 0.1) is 0 Å². The molecule has 22 heavy (non-hydrogen) atoms. The maximum absolute atomic E-state index is 10.7. The average Bonchev–Trinajstić information content (AvgIpc) is 2.96. The minimum atomic E-state index is -1.03. The molecule has 1 aromatic carbocycles. The molecule has 0 fully saturated rings. The second kappa shape index (κ2) is 5.88. The van der Waals surface area contributed by atoms with Crippen molar-refractivity contribution in [2.75, 3.05) is 19.0 Å². The molecule has 0 radical (unpaired) electrons. The molecule has 2 aromatic rings. The van der Waals surface area contributed by atoms with Crippen LogP contribution < -0.4 is 14.8 Å². The minimum absolute atomic E-state index is 0.0236. The van der Waals surface area contributed by atoms with Crippen LogP contribution in [0.5, 0.6) is 11.5 Å². The Balaban J connectivity index is 1.83. The molecule has 1 aliphatic rings. The molecule has 0 spiro atoms. The number of carboxylic acids is 1. The Bertz CT molecular complexity index is 680. The molecule has 0 bridgehead atoms. The van der Waals surface area contributed by atoms with Crippen molar-refractivity contribution in [2.24, 2.45) is 0 Å². The van der Waals surface area contributed by atoms with Gasteiger partial charge in [-0.1, -0.05) is 6.07 Å². The number of carboxylic acid groups (broad SMARTS) is 1. The Labute approximate surface area is 126 Å². The number of carbonyl (C=O) groups is 1. The highest BCUT2D eigenvalue weighted by Crippen LogP contribution is 2.35. The van der Waals surface area contributed by atoms with Crippen LogP contribution in [-0.4, -0.2) is 34.8 Å². The van der Waals surface area contributed by atoms with Crippen molar-refractivity contribution in [1.29, 1.82) is 0 Å². The first-order valence-electron chi connectivity index (χ1n) is 6.76. The number of nitrogens with one attached hydrogen (secondary N) is 1. The normalized spacial score (nSPS) is 15.8. The summed E-state index contributed by atoms with van der Waals surface area (Å²) < 4.78 is 10.5. The summed E-state index contributed by atoms with van der Waals surface area (Å²) >= 11 is 0. The van der Waals surface area contributed by atoms with E-state index in [1.165, 1.54) is 7.11 Å². The first-order valence-corrected chi connectivity index (χ1v) is 6.76. The third-order valence-electron chi connectivity index (χ3n) is 3.42. The Morgan fingerprint density at radius 3 is 2.91 bits per heavy atom. The standard InChI is InChI=1S/C15H15N3O4/c1-21-12-3-2-9(6-13(12)22-8-14(19)20)10-7-11-15(18-10)17-5-4-16-11/h2-6,10H,7-8H2,1H3,(H,17,18)(H,19,20). The number of aromatic nitrogens is 2. The van der Waals surface area contributed by atoms with Crippen LogP contribution in [0.4, 0.5) is 5.82 Å². The largest absolute Gasteiger partial charge is 0.493 e. The molecule has 114 valence electrons. The van der Waals surface area contributed by atoms with Crippen molar-refractivity contribution >= 4 is 11.8 Å². The van der Waals surface area contributed by atoms with Crippen molar-refractivity contribution in [3.05, 3.63) is 41.9 Å². The average molecular weight is 301 g/mol. The molecular weight excluding hydrogens is 286 g/mol. The van der Waals surface area contributed by atoms with Crippen LogP contribution >= 0.6 is 0 Å². The molecule has 0 amide bonds. The number of nitrogens with zero attached hydrogens (tertiary/aromatic N) is 2. The summed E-state index contributed by atoms with van der Waals surface area (Å²) in [6, 6.07) is 5.48. The highest BCUT2D eigenvalue weighted by atomic mass is 16.5. The Morgan fingerprint density at radius 2 is 2.18 bits per heavy atom. The fourth-order valence-electron chi connectivity index (χ4n) is 2.41.